The molecule has 2 aliphatic rings. The molecule has 54 heavy (non-hydrogen) atoms. The van der Waals surface area contributed by atoms with Gasteiger partial charge in [-0.1, -0.05) is 62.4 Å². The predicted octanol–water partition coefficient (Wildman–Crippen LogP) is 0.195. The second-order valence-corrected chi connectivity index (χ2v) is 15.0. The molecule has 6 unspecified atom stereocenters. The van der Waals surface area contributed by atoms with Gasteiger partial charge in [0, 0.05) is 36.5 Å². The lowest BCUT2D eigenvalue weighted by Crippen LogP contribution is -2.64. The van der Waals surface area contributed by atoms with E-state index < -0.39 is 90.6 Å². The molecule has 2 fully saturated rings. The number of amides is 7. The minimum atomic E-state index is -1.46. The predicted molar refractivity (Wildman–Crippen MR) is 204 cm³/mol. The molecule has 0 aliphatic carbocycles. The Bertz CT molecular complexity index is 1850. The monoisotopic (exact) mass is 760 g/mol. The molecule has 0 saturated carbocycles. The van der Waals surface area contributed by atoms with E-state index in [1.807, 2.05) is 44.4 Å². The first-order valence-electron chi connectivity index (χ1n) is 18.1. The van der Waals surface area contributed by atoms with Gasteiger partial charge < -0.3 is 42.2 Å². The summed E-state index contributed by atoms with van der Waals surface area (Å²) in [6.07, 6.45) is 3.43. The lowest BCUT2D eigenvalue weighted by atomic mass is 10.00. The third kappa shape index (κ3) is 10.6. The molecule has 2 bridgehead atoms. The topological polar surface area (TPSA) is 219 Å². The maximum Gasteiger partial charge on any atom is 0.245 e. The number of rotatable bonds is 9. The number of aromatic nitrogens is 1. The number of hydrogen-bond acceptors (Lipinski definition) is 8. The number of aromatic amines is 1. The SMILES string of the molecule is CSCCC1NC(=O)C(CC(C)C)NC(=O)C2CNC(=O)CC(NC1=O)C(=O)NC(Cc1ccccc1)C(=O)NC(Cc1c[nH]c3ccccc13)C(=O)N2. The van der Waals surface area contributed by atoms with Crippen molar-refractivity contribution in [3.63, 3.8) is 0 Å². The van der Waals surface area contributed by atoms with Crippen LogP contribution >= 0.6 is 11.8 Å². The third-order valence-electron chi connectivity index (χ3n) is 9.39. The molecule has 8 N–H and O–H groups in total. The maximum absolute atomic E-state index is 14.2. The van der Waals surface area contributed by atoms with Crippen LogP contribution in [0.3, 0.4) is 0 Å². The van der Waals surface area contributed by atoms with E-state index >= 15 is 0 Å². The van der Waals surface area contributed by atoms with Crippen molar-refractivity contribution in [1.82, 2.24) is 42.2 Å². The Kier molecular flexibility index (Phi) is 13.7. The van der Waals surface area contributed by atoms with Crippen LogP contribution in [0.1, 0.15) is 44.2 Å². The molecule has 2 saturated heterocycles. The smallest absolute Gasteiger partial charge is 0.245 e. The molecule has 288 valence electrons. The highest BCUT2D eigenvalue weighted by atomic mass is 32.2. The van der Waals surface area contributed by atoms with Crippen LogP contribution in [-0.2, 0) is 46.4 Å². The average molecular weight is 761 g/mol. The number of carbonyl (C=O) groups excluding carboxylic acids is 7. The van der Waals surface area contributed by atoms with Crippen LogP contribution in [-0.4, -0.2) is 101 Å². The summed E-state index contributed by atoms with van der Waals surface area (Å²) in [5, 5.41) is 19.8. The summed E-state index contributed by atoms with van der Waals surface area (Å²) in [6.45, 7) is 3.33. The van der Waals surface area contributed by atoms with Crippen molar-refractivity contribution in [2.75, 3.05) is 18.6 Å². The van der Waals surface area contributed by atoms with Gasteiger partial charge in [-0.15, -0.1) is 0 Å². The van der Waals surface area contributed by atoms with E-state index in [0.29, 0.717) is 16.9 Å². The zero-order valence-electron chi connectivity index (χ0n) is 30.5. The van der Waals surface area contributed by atoms with E-state index in [1.165, 1.54) is 11.8 Å². The van der Waals surface area contributed by atoms with Crippen molar-refractivity contribution in [1.29, 1.82) is 0 Å². The molecule has 5 rings (SSSR count). The molecular weight excluding hydrogens is 713 g/mol. The summed E-state index contributed by atoms with van der Waals surface area (Å²) in [6, 6.07) is 8.83. The highest BCUT2D eigenvalue weighted by Gasteiger charge is 2.37. The number of para-hydroxylation sites is 1. The summed E-state index contributed by atoms with van der Waals surface area (Å²) in [5.74, 6) is -4.59. The molecule has 2 aromatic carbocycles. The molecule has 6 atom stereocenters. The minimum absolute atomic E-state index is 0.00276. The van der Waals surface area contributed by atoms with E-state index in [1.54, 1.807) is 36.5 Å². The zero-order valence-corrected chi connectivity index (χ0v) is 31.3. The van der Waals surface area contributed by atoms with Crippen LogP contribution in [0.15, 0.2) is 60.8 Å². The largest absolute Gasteiger partial charge is 0.361 e. The maximum atomic E-state index is 14.2. The van der Waals surface area contributed by atoms with Gasteiger partial charge in [-0.25, -0.2) is 0 Å². The van der Waals surface area contributed by atoms with E-state index in [4.69, 9.17) is 0 Å². The molecule has 0 spiro atoms. The van der Waals surface area contributed by atoms with E-state index in [9.17, 15) is 33.6 Å². The second-order valence-electron chi connectivity index (χ2n) is 14.0. The lowest BCUT2D eigenvalue weighted by Gasteiger charge is -2.30. The molecule has 2 aliphatic heterocycles. The van der Waals surface area contributed by atoms with E-state index in [-0.39, 0.29) is 31.6 Å². The lowest BCUT2D eigenvalue weighted by molar-refractivity contribution is -0.138. The van der Waals surface area contributed by atoms with Gasteiger partial charge in [0.1, 0.15) is 36.3 Å². The second kappa shape index (κ2) is 18.6. The quantitative estimate of drug-likeness (QED) is 0.150. The Morgan fingerprint density at radius 1 is 0.648 bits per heavy atom. The Labute approximate surface area is 317 Å². The Balaban J connectivity index is 1.58. The van der Waals surface area contributed by atoms with Crippen molar-refractivity contribution in [2.24, 2.45) is 5.92 Å². The number of benzene rings is 2. The first-order chi connectivity index (χ1) is 25.9. The Hall–Kier alpha value is -5.38. The molecule has 0 radical (unpaired) electrons. The van der Waals surface area contributed by atoms with Crippen LogP contribution in [0.5, 0.6) is 0 Å². The van der Waals surface area contributed by atoms with Gasteiger partial charge in [-0.2, -0.15) is 11.8 Å². The van der Waals surface area contributed by atoms with Crippen LogP contribution in [0.4, 0.5) is 0 Å². The average Bonchev–Trinajstić information content (AvgIpc) is 3.55. The fourth-order valence-corrected chi connectivity index (χ4v) is 6.99. The number of H-pyrrole nitrogens is 1. The van der Waals surface area contributed by atoms with Crippen molar-refractivity contribution in [3.05, 3.63) is 71.9 Å². The summed E-state index contributed by atoms with van der Waals surface area (Å²) in [5.41, 5.74) is 2.22. The molecule has 1 aromatic heterocycles. The normalized spacial score (nSPS) is 24.9. The van der Waals surface area contributed by atoms with Gasteiger partial charge in [0.15, 0.2) is 0 Å². The van der Waals surface area contributed by atoms with Gasteiger partial charge in [0.2, 0.25) is 41.4 Å². The number of carbonyl (C=O) groups is 7. The Morgan fingerprint density at radius 2 is 1.22 bits per heavy atom. The van der Waals surface area contributed by atoms with Crippen molar-refractivity contribution in [3.8, 4) is 0 Å². The minimum Gasteiger partial charge on any atom is -0.361 e. The van der Waals surface area contributed by atoms with Crippen molar-refractivity contribution >= 4 is 64.0 Å². The van der Waals surface area contributed by atoms with Gasteiger partial charge in [-0.05, 0) is 48.0 Å². The van der Waals surface area contributed by atoms with Crippen LogP contribution in [0.2, 0.25) is 0 Å². The van der Waals surface area contributed by atoms with E-state index in [2.05, 4.69) is 42.2 Å². The van der Waals surface area contributed by atoms with Crippen molar-refractivity contribution < 1.29 is 33.6 Å². The molecular formula is C38H48N8O7S. The molecule has 15 nitrogen and oxygen atoms in total. The van der Waals surface area contributed by atoms with Crippen molar-refractivity contribution in [2.45, 2.75) is 82.2 Å². The number of thioether (sulfide) groups is 1. The number of hydrogen-bond donors (Lipinski definition) is 8. The fraction of sp³-hybridized carbons (Fsp3) is 0.447. The molecule has 3 aromatic rings. The highest BCUT2D eigenvalue weighted by molar-refractivity contribution is 7.98. The number of nitrogens with one attached hydrogen (secondary N) is 8. The summed E-state index contributed by atoms with van der Waals surface area (Å²) < 4.78 is 0. The van der Waals surface area contributed by atoms with Crippen LogP contribution in [0.25, 0.3) is 10.9 Å². The third-order valence-corrected chi connectivity index (χ3v) is 10.0. The zero-order chi connectivity index (χ0) is 38.8. The first kappa shape index (κ1) is 39.8. The Morgan fingerprint density at radius 3 is 1.96 bits per heavy atom. The molecule has 16 heteroatoms. The summed E-state index contributed by atoms with van der Waals surface area (Å²) in [4.78, 5) is 101. The van der Waals surface area contributed by atoms with Crippen LogP contribution < -0.4 is 37.2 Å². The highest BCUT2D eigenvalue weighted by Crippen LogP contribution is 2.20. The fourth-order valence-electron chi connectivity index (χ4n) is 6.52. The summed E-state index contributed by atoms with van der Waals surface area (Å²) in [7, 11) is 0. The van der Waals surface area contributed by atoms with Gasteiger partial charge >= 0.3 is 0 Å². The van der Waals surface area contributed by atoms with Crippen LogP contribution in [0, 0.1) is 5.92 Å². The van der Waals surface area contributed by atoms with Gasteiger partial charge in [0.05, 0.1) is 6.42 Å². The van der Waals surface area contributed by atoms with Gasteiger partial charge in [-0.3, -0.25) is 33.6 Å². The summed E-state index contributed by atoms with van der Waals surface area (Å²) >= 11 is 1.45. The standard InChI is InChI=1S/C38H48N8O7S/c1-21(2)15-27-34(49)41-26(13-14-54-3)33(48)45-30-18-32(47)40-20-31(38(53)42-27)46-36(51)29(17-23-19-39-25-12-8-7-11-24(23)25)44-35(50)28(43-37(30)52)16-22-9-5-4-6-10-22/h4-12,19,21,26-31,39H,13-18,20H2,1-3H3,(H,40,47)(H,41,49)(H,42,53)(H,43,52)(H,44,50)(H,45,48)(H,46,51). The first-order valence-corrected chi connectivity index (χ1v) is 19.5. The van der Waals surface area contributed by atoms with E-state index in [0.717, 1.165) is 10.9 Å². The number of fused-ring (bicyclic) bond motifs is 6. The van der Waals surface area contributed by atoms with Gasteiger partial charge in [0.25, 0.3) is 0 Å². The molecule has 3 heterocycles. The molecule has 7 amide bonds.